The predicted octanol–water partition coefficient (Wildman–Crippen LogP) is 0.866. The number of carboxylic acids is 2. The first-order valence-electron chi connectivity index (χ1n) is 4.63. The number of aliphatic hydroxyl groups is 2. The molecule has 0 spiro atoms. The Hall–Kier alpha value is -0.960. The largest absolute Gasteiger partial charge is 0.478 e. The Morgan fingerprint density at radius 2 is 1.11 bits per heavy atom. The highest BCUT2D eigenvalue weighted by Crippen LogP contribution is 2.18. The highest BCUT2D eigenvalue weighted by Gasteiger charge is 1.85. The fourth-order valence-corrected chi connectivity index (χ4v) is 1.73. The van der Waals surface area contributed by atoms with Gasteiger partial charge in [0.15, 0.2) is 0 Å². The van der Waals surface area contributed by atoms with Crippen LogP contribution in [-0.2, 0) is 9.59 Å². The summed E-state index contributed by atoms with van der Waals surface area (Å²) in [4.78, 5) is 18.5. The number of rotatable bonds is 7. The molecule has 0 atom stereocenters. The second-order valence-electron chi connectivity index (χ2n) is 2.18. The topological polar surface area (TPSA) is 115 Å². The minimum Gasteiger partial charge on any atom is -0.478 e. The van der Waals surface area contributed by atoms with Crippen molar-refractivity contribution in [3.63, 3.8) is 0 Å². The number of hydrogen-bond acceptors (Lipinski definition) is 6. The van der Waals surface area contributed by atoms with E-state index in [1.54, 1.807) is 21.6 Å². The summed E-state index contributed by atoms with van der Waals surface area (Å²) in [7, 11) is 3.17. The Labute approximate surface area is 114 Å². The Kier molecular flexibility index (Phi) is 26.4. The summed E-state index contributed by atoms with van der Waals surface area (Å²) in [5.74, 6) is -0.454. The molecule has 0 radical (unpaired) electrons. The lowest BCUT2D eigenvalue weighted by molar-refractivity contribution is -0.132. The maximum absolute atomic E-state index is 9.25. The minimum absolute atomic E-state index is 0.225. The van der Waals surface area contributed by atoms with Gasteiger partial charge in [0, 0.05) is 23.7 Å². The van der Waals surface area contributed by atoms with Gasteiger partial charge in [-0.3, -0.25) is 0 Å². The van der Waals surface area contributed by atoms with Crippen LogP contribution in [0.1, 0.15) is 0 Å². The van der Waals surface area contributed by atoms with Gasteiger partial charge < -0.3 is 20.4 Å². The van der Waals surface area contributed by atoms with Crippen molar-refractivity contribution in [2.45, 2.75) is 0 Å². The van der Waals surface area contributed by atoms with Crippen LogP contribution in [0.5, 0.6) is 0 Å². The molecule has 0 aliphatic heterocycles. The second-order valence-corrected chi connectivity index (χ2v) is 4.88. The summed E-state index contributed by atoms with van der Waals surface area (Å²) in [6.07, 6.45) is 1.67. The molecule has 0 aromatic carbocycles. The number of aliphatic carboxylic acids is 2. The Morgan fingerprint density at radius 3 is 1.22 bits per heavy atom. The molecular weight excluding hydrogens is 280 g/mol. The molecule has 0 aliphatic rings. The van der Waals surface area contributed by atoms with Crippen LogP contribution in [-0.4, -0.2) is 57.1 Å². The highest BCUT2D eigenvalue weighted by molar-refractivity contribution is 8.76. The molecule has 0 amide bonds. The van der Waals surface area contributed by atoms with Gasteiger partial charge in [0.2, 0.25) is 0 Å². The molecule has 18 heavy (non-hydrogen) atoms. The fourth-order valence-electron chi connectivity index (χ4n) is 0.192. The van der Waals surface area contributed by atoms with Gasteiger partial charge in [0.05, 0.1) is 13.2 Å². The van der Waals surface area contributed by atoms with Gasteiger partial charge in [-0.1, -0.05) is 34.7 Å². The van der Waals surface area contributed by atoms with E-state index in [2.05, 4.69) is 13.2 Å². The smallest absolute Gasteiger partial charge is 0.327 e. The minimum atomic E-state index is -0.981. The van der Waals surface area contributed by atoms with Gasteiger partial charge in [0.1, 0.15) is 0 Å². The van der Waals surface area contributed by atoms with E-state index in [0.29, 0.717) is 0 Å². The summed E-state index contributed by atoms with van der Waals surface area (Å²) in [5, 5.41) is 31.7. The molecule has 0 rings (SSSR count). The van der Waals surface area contributed by atoms with Crippen molar-refractivity contribution in [1.82, 2.24) is 0 Å². The second kappa shape index (κ2) is 21.3. The van der Waals surface area contributed by atoms with Gasteiger partial charge in [-0.2, -0.15) is 0 Å². The molecule has 0 bridgehead atoms. The van der Waals surface area contributed by atoms with Gasteiger partial charge in [-0.05, 0) is 0 Å². The average molecular weight is 298 g/mol. The van der Waals surface area contributed by atoms with Crippen molar-refractivity contribution < 1.29 is 30.0 Å². The first-order valence-corrected chi connectivity index (χ1v) is 7.11. The molecule has 6 nitrogen and oxygen atoms in total. The zero-order valence-corrected chi connectivity index (χ0v) is 11.5. The van der Waals surface area contributed by atoms with Crippen LogP contribution in [0.2, 0.25) is 0 Å². The lowest BCUT2D eigenvalue weighted by atomic mass is 10.7. The Bertz CT molecular complexity index is 208. The summed E-state index contributed by atoms with van der Waals surface area (Å²) in [6, 6.07) is 0. The average Bonchev–Trinajstić information content (AvgIpc) is 2.36. The van der Waals surface area contributed by atoms with Crippen LogP contribution in [0.3, 0.4) is 0 Å². The van der Waals surface area contributed by atoms with Crippen molar-refractivity contribution in [3.05, 3.63) is 25.3 Å². The number of hydrogen-bond donors (Lipinski definition) is 4. The number of aliphatic hydroxyl groups excluding tert-OH is 2. The molecule has 0 heterocycles. The lowest BCUT2D eigenvalue weighted by Crippen LogP contribution is -1.85. The summed E-state index contributed by atoms with van der Waals surface area (Å²) in [5.41, 5.74) is 0. The van der Waals surface area contributed by atoms with E-state index in [0.717, 1.165) is 23.7 Å². The molecule has 0 fully saturated rings. The van der Waals surface area contributed by atoms with Gasteiger partial charge >= 0.3 is 11.9 Å². The first-order chi connectivity index (χ1) is 8.45. The quantitative estimate of drug-likeness (QED) is 0.311. The van der Waals surface area contributed by atoms with Crippen molar-refractivity contribution in [1.29, 1.82) is 0 Å². The van der Waals surface area contributed by atoms with E-state index in [4.69, 9.17) is 20.4 Å². The third kappa shape index (κ3) is 45.9. The van der Waals surface area contributed by atoms with Crippen LogP contribution in [0.4, 0.5) is 0 Å². The monoisotopic (exact) mass is 298 g/mol. The normalized spacial score (nSPS) is 7.89. The summed E-state index contributed by atoms with van der Waals surface area (Å²) < 4.78 is 0. The Morgan fingerprint density at radius 1 is 0.889 bits per heavy atom. The highest BCUT2D eigenvalue weighted by atomic mass is 33.1. The third-order valence-corrected chi connectivity index (χ3v) is 3.15. The third-order valence-electron chi connectivity index (χ3n) is 0.782. The van der Waals surface area contributed by atoms with E-state index in [9.17, 15) is 9.59 Å². The molecule has 106 valence electrons. The standard InChI is InChI=1S/C4H10O2S2.2C3H4O2/c5-1-3-7-8-4-2-6;2*1-2-3(4)5/h5-6H,1-4H2;2*2H,1H2,(H,4,5). The van der Waals surface area contributed by atoms with Gasteiger partial charge in [-0.15, -0.1) is 0 Å². The van der Waals surface area contributed by atoms with Crippen LogP contribution >= 0.6 is 21.6 Å². The van der Waals surface area contributed by atoms with E-state index in [1.165, 1.54) is 0 Å². The molecule has 8 heteroatoms. The number of carbonyl (C=O) groups is 2. The summed E-state index contributed by atoms with van der Waals surface area (Å²) in [6.45, 7) is 6.37. The maximum atomic E-state index is 9.25. The van der Waals surface area contributed by atoms with E-state index in [-0.39, 0.29) is 13.2 Å². The van der Waals surface area contributed by atoms with Crippen LogP contribution in [0.25, 0.3) is 0 Å². The summed E-state index contributed by atoms with van der Waals surface area (Å²) >= 11 is 0. The molecule has 0 aliphatic carbocycles. The molecule has 4 N–H and O–H groups in total. The maximum Gasteiger partial charge on any atom is 0.327 e. The van der Waals surface area contributed by atoms with E-state index >= 15 is 0 Å². The molecule has 0 saturated heterocycles. The molecular formula is C10H18O6S2. The van der Waals surface area contributed by atoms with Gasteiger partial charge in [-0.25, -0.2) is 9.59 Å². The molecule has 0 saturated carbocycles. The predicted molar refractivity (Wildman–Crippen MR) is 74.8 cm³/mol. The molecule has 0 aromatic heterocycles. The van der Waals surface area contributed by atoms with Crippen LogP contribution in [0, 0.1) is 0 Å². The van der Waals surface area contributed by atoms with E-state index < -0.39 is 11.9 Å². The van der Waals surface area contributed by atoms with Crippen LogP contribution < -0.4 is 0 Å². The van der Waals surface area contributed by atoms with Crippen molar-refractivity contribution >= 4 is 33.5 Å². The van der Waals surface area contributed by atoms with Crippen LogP contribution in [0.15, 0.2) is 25.3 Å². The van der Waals surface area contributed by atoms with Crippen molar-refractivity contribution in [3.8, 4) is 0 Å². The molecule has 0 aromatic rings. The SMILES string of the molecule is C=CC(=O)O.C=CC(=O)O.OCCSSCCO. The zero-order chi connectivity index (χ0) is 14.8. The Balaban J connectivity index is -0.000000197. The van der Waals surface area contributed by atoms with Crippen molar-refractivity contribution in [2.24, 2.45) is 0 Å². The van der Waals surface area contributed by atoms with Gasteiger partial charge in [0.25, 0.3) is 0 Å². The number of carboxylic acid groups (broad SMARTS) is 2. The zero-order valence-electron chi connectivity index (χ0n) is 9.82. The first kappa shape index (κ1) is 22.2. The lowest BCUT2D eigenvalue weighted by Gasteiger charge is -1.93. The van der Waals surface area contributed by atoms with Crippen molar-refractivity contribution in [2.75, 3.05) is 24.7 Å². The van der Waals surface area contributed by atoms with E-state index in [1.807, 2.05) is 0 Å². The fraction of sp³-hybridized carbons (Fsp3) is 0.400. The molecule has 0 unspecified atom stereocenters.